The van der Waals surface area contributed by atoms with Crippen LogP contribution in [0, 0.1) is 12.3 Å². The van der Waals surface area contributed by atoms with Gasteiger partial charge in [-0.1, -0.05) is 6.07 Å². The Morgan fingerprint density at radius 3 is 2.52 bits per heavy atom. The summed E-state index contributed by atoms with van der Waals surface area (Å²) in [6.07, 6.45) is 9.55. The highest BCUT2D eigenvalue weighted by Crippen LogP contribution is 2.41. The first-order valence-electron chi connectivity index (χ1n) is 9.97. The molecule has 5 heteroatoms. The minimum absolute atomic E-state index is 0.152. The van der Waals surface area contributed by atoms with Crippen LogP contribution in [0.2, 0.25) is 0 Å². The Bertz CT molecular complexity index is 784. The van der Waals surface area contributed by atoms with E-state index in [1.165, 1.54) is 11.1 Å². The van der Waals surface area contributed by atoms with Gasteiger partial charge in [-0.25, -0.2) is 0 Å². The second kappa shape index (κ2) is 7.77. The molecule has 4 rings (SSSR count). The van der Waals surface area contributed by atoms with E-state index in [4.69, 9.17) is 0 Å². The summed E-state index contributed by atoms with van der Waals surface area (Å²) >= 11 is 0. The standard InChI is InChI=1S/C22H28N4O/c1-18-4-2-10-24-20(18)17-25-14-8-22(9-15-25)7-3-13-26(21(22)27)16-19-5-11-23-12-6-19/h2,4-6,10-12H,3,7-9,13-17H2,1H3. The number of aryl methyl sites for hydroxylation is 1. The molecule has 1 amide bonds. The third-order valence-electron chi connectivity index (χ3n) is 6.25. The third kappa shape index (κ3) is 3.88. The van der Waals surface area contributed by atoms with Crippen molar-refractivity contribution in [1.82, 2.24) is 19.8 Å². The molecule has 0 aliphatic carbocycles. The average Bonchev–Trinajstić information content (AvgIpc) is 2.70. The van der Waals surface area contributed by atoms with Gasteiger partial charge in [-0.15, -0.1) is 0 Å². The molecule has 2 aliphatic heterocycles. The summed E-state index contributed by atoms with van der Waals surface area (Å²) in [5.41, 5.74) is 3.41. The lowest BCUT2D eigenvalue weighted by molar-refractivity contribution is -0.150. The number of hydrogen-bond acceptors (Lipinski definition) is 4. The minimum Gasteiger partial charge on any atom is -0.338 e. The SMILES string of the molecule is Cc1cccnc1CN1CCC2(CCCN(Cc3ccncc3)C2=O)CC1. The van der Waals surface area contributed by atoms with Crippen molar-refractivity contribution in [3.05, 3.63) is 59.7 Å². The fraction of sp³-hybridized carbons (Fsp3) is 0.500. The van der Waals surface area contributed by atoms with Crippen LogP contribution in [0.25, 0.3) is 0 Å². The second-order valence-electron chi connectivity index (χ2n) is 8.01. The van der Waals surface area contributed by atoms with E-state index in [0.29, 0.717) is 12.5 Å². The molecule has 27 heavy (non-hydrogen) atoms. The lowest BCUT2D eigenvalue weighted by atomic mass is 9.71. The summed E-state index contributed by atoms with van der Waals surface area (Å²) in [6.45, 7) is 6.54. The number of likely N-dealkylation sites (tertiary alicyclic amines) is 2. The predicted octanol–water partition coefficient (Wildman–Crippen LogP) is 3.19. The molecule has 2 saturated heterocycles. The van der Waals surface area contributed by atoms with Crippen LogP contribution in [0.4, 0.5) is 0 Å². The largest absolute Gasteiger partial charge is 0.338 e. The van der Waals surface area contributed by atoms with E-state index in [1.54, 1.807) is 12.4 Å². The molecule has 0 saturated carbocycles. The summed E-state index contributed by atoms with van der Waals surface area (Å²) in [7, 11) is 0. The summed E-state index contributed by atoms with van der Waals surface area (Å²) in [4.78, 5) is 26.4. The molecule has 0 radical (unpaired) electrons. The zero-order valence-electron chi connectivity index (χ0n) is 16.1. The molecule has 1 spiro atoms. The summed E-state index contributed by atoms with van der Waals surface area (Å²) in [6, 6.07) is 8.12. The van der Waals surface area contributed by atoms with E-state index in [-0.39, 0.29) is 5.41 Å². The van der Waals surface area contributed by atoms with Gasteiger partial charge < -0.3 is 4.90 Å². The third-order valence-corrected chi connectivity index (χ3v) is 6.25. The Hall–Kier alpha value is -2.27. The van der Waals surface area contributed by atoms with Crippen molar-refractivity contribution < 1.29 is 4.79 Å². The predicted molar refractivity (Wildman–Crippen MR) is 105 cm³/mol. The van der Waals surface area contributed by atoms with Crippen molar-refractivity contribution in [2.45, 2.75) is 45.7 Å². The Morgan fingerprint density at radius 1 is 1.00 bits per heavy atom. The molecule has 0 aromatic carbocycles. The van der Waals surface area contributed by atoms with Crippen LogP contribution in [0.1, 0.15) is 42.5 Å². The Labute approximate surface area is 161 Å². The van der Waals surface area contributed by atoms with Gasteiger partial charge in [0.25, 0.3) is 0 Å². The van der Waals surface area contributed by atoms with Gasteiger partial charge in [-0.05, 0) is 75.0 Å². The number of aromatic nitrogens is 2. The van der Waals surface area contributed by atoms with E-state index in [1.807, 2.05) is 24.4 Å². The van der Waals surface area contributed by atoms with Crippen molar-refractivity contribution in [3.63, 3.8) is 0 Å². The number of piperidine rings is 2. The summed E-state index contributed by atoms with van der Waals surface area (Å²) in [5, 5.41) is 0. The van der Waals surface area contributed by atoms with E-state index in [0.717, 1.165) is 57.6 Å². The van der Waals surface area contributed by atoms with Crippen LogP contribution in [-0.4, -0.2) is 45.3 Å². The fourth-order valence-corrected chi connectivity index (χ4v) is 4.51. The number of carbonyl (C=O) groups excluding carboxylic acids is 1. The van der Waals surface area contributed by atoms with Crippen molar-refractivity contribution >= 4 is 5.91 Å². The van der Waals surface area contributed by atoms with Crippen molar-refractivity contribution in [3.8, 4) is 0 Å². The molecule has 0 atom stereocenters. The molecule has 2 aromatic rings. The number of amides is 1. The Morgan fingerprint density at radius 2 is 1.78 bits per heavy atom. The van der Waals surface area contributed by atoms with E-state index in [9.17, 15) is 4.79 Å². The van der Waals surface area contributed by atoms with E-state index >= 15 is 0 Å². The van der Waals surface area contributed by atoms with Crippen LogP contribution in [0.3, 0.4) is 0 Å². The van der Waals surface area contributed by atoms with Crippen LogP contribution in [0.5, 0.6) is 0 Å². The second-order valence-corrected chi connectivity index (χ2v) is 8.01. The van der Waals surface area contributed by atoms with E-state index < -0.39 is 0 Å². The van der Waals surface area contributed by atoms with Crippen LogP contribution in [-0.2, 0) is 17.9 Å². The quantitative estimate of drug-likeness (QED) is 0.836. The maximum atomic E-state index is 13.3. The molecular weight excluding hydrogens is 336 g/mol. The van der Waals surface area contributed by atoms with Gasteiger partial charge in [0.05, 0.1) is 11.1 Å². The minimum atomic E-state index is -0.152. The highest BCUT2D eigenvalue weighted by Gasteiger charge is 2.45. The van der Waals surface area contributed by atoms with E-state index in [2.05, 4.69) is 32.8 Å². The molecule has 142 valence electrons. The van der Waals surface area contributed by atoms with Crippen molar-refractivity contribution in [1.29, 1.82) is 0 Å². The van der Waals surface area contributed by atoms with Gasteiger partial charge in [-0.3, -0.25) is 19.7 Å². The number of pyridine rings is 2. The molecule has 2 aromatic heterocycles. The molecule has 4 heterocycles. The Balaban J connectivity index is 1.39. The van der Waals surface area contributed by atoms with Gasteiger partial charge in [0, 0.05) is 38.2 Å². The topological polar surface area (TPSA) is 49.3 Å². The molecule has 2 fully saturated rings. The summed E-state index contributed by atoms with van der Waals surface area (Å²) in [5.74, 6) is 0.360. The fourth-order valence-electron chi connectivity index (χ4n) is 4.51. The zero-order chi connectivity index (χ0) is 18.7. The van der Waals surface area contributed by atoms with Crippen LogP contribution >= 0.6 is 0 Å². The van der Waals surface area contributed by atoms with Crippen molar-refractivity contribution in [2.24, 2.45) is 5.41 Å². The van der Waals surface area contributed by atoms with Gasteiger partial charge in [-0.2, -0.15) is 0 Å². The molecule has 5 nitrogen and oxygen atoms in total. The smallest absolute Gasteiger partial charge is 0.229 e. The normalized spacial score (nSPS) is 20.2. The Kier molecular flexibility index (Phi) is 5.21. The van der Waals surface area contributed by atoms with Gasteiger partial charge in [0.15, 0.2) is 0 Å². The van der Waals surface area contributed by atoms with Crippen LogP contribution in [0.15, 0.2) is 42.9 Å². The molecule has 0 N–H and O–H groups in total. The molecule has 0 bridgehead atoms. The lowest BCUT2D eigenvalue weighted by Gasteiger charge is -2.46. The first-order valence-corrected chi connectivity index (χ1v) is 9.97. The highest BCUT2D eigenvalue weighted by molar-refractivity contribution is 5.83. The molecule has 2 aliphatic rings. The van der Waals surface area contributed by atoms with Gasteiger partial charge in [0.1, 0.15) is 0 Å². The lowest BCUT2D eigenvalue weighted by Crippen LogP contribution is -2.53. The maximum absolute atomic E-state index is 13.3. The maximum Gasteiger partial charge on any atom is 0.229 e. The number of rotatable bonds is 4. The number of hydrogen-bond donors (Lipinski definition) is 0. The first kappa shape index (κ1) is 18.1. The molecular formula is C22H28N4O. The monoisotopic (exact) mass is 364 g/mol. The zero-order valence-corrected chi connectivity index (χ0v) is 16.1. The van der Waals surface area contributed by atoms with Crippen LogP contribution < -0.4 is 0 Å². The van der Waals surface area contributed by atoms with Gasteiger partial charge >= 0.3 is 0 Å². The average molecular weight is 364 g/mol. The first-order chi connectivity index (χ1) is 13.2. The highest BCUT2D eigenvalue weighted by atomic mass is 16.2. The molecule has 0 unspecified atom stereocenters. The number of carbonyl (C=O) groups is 1. The van der Waals surface area contributed by atoms with Gasteiger partial charge in [0.2, 0.25) is 5.91 Å². The number of nitrogens with zero attached hydrogens (tertiary/aromatic N) is 4. The van der Waals surface area contributed by atoms with Crippen molar-refractivity contribution in [2.75, 3.05) is 19.6 Å². The summed E-state index contributed by atoms with van der Waals surface area (Å²) < 4.78 is 0.